The van der Waals surface area contributed by atoms with Crippen LogP contribution in [0.4, 0.5) is 4.39 Å². The molecule has 55 valence electrons. The zero-order valence-corrected chi connectivity index (χ0v) is 6.62. The van der Waals surface area contributed by atoms with E-state index in [1.807, 2.05) is 5.38 Å². The summed E-state index contributed by atoms with van der Waals surface area (Å²) < 4.78 is 12.6. The summed E-state index contributed by atoms with van der Waals surface area (Å²) in [5.74, 6) is -0.185. The number of fused-ring (bicyclic) bond motifs is 1. The van der Waals surface area contributed by atoms with E-state index in [1.165, 1.54) is 12.1 Å². The predicted octanol–water partition coefficient (Wildman–Crippen LogP) is 3.22. The monoisotopic (exact) mass is 165 g/mol. The van der Waals surface area contributed by atoms with Crippen molar-refractivity contribution in [2.75, 3.05) is 0 Å². The standard InChI is InChI=1S/C9H6FS/c1-6-9-3-2-8(10)4-7(9)5-11-6/h2-5H,1H2. The molecule has 0 saturated carbocycles. The molecule has 0 N–H and O–H groups in total. The zero-order valence-electron chi connectivity index (χ0n) is 5.80. The van der Waals surface area contributed by atoms with Crippen molar-refractivity contribution in [1.82, 2.24) is 0 Å². The molecule has 0 unspecified atom stereocenters. The summed E-state index contributed by atoms with van der Waals surface area (Å²) in [7, 11) is 0. The molecule has 0 aliphatic carbocycles. The van der Waals surface area contributed by atoms with Crippen LogP contribution in [0.25, 0.3) is 10.8 Å². The summed E-state index contributed by atoms with van der Waals surface area (Å²) in [6, 6.07) is 4.76. The summed E-state index contributed by atoms with van der Waals surface area (Å²) in [6.45, 7) is 3.83. The zero-order chi connectivity index (χ0) is 7.84. The topological polar surface area (TPSA) is 0 Å². The van der Waals surface area contributed by atoms with E-state index in [1.54, 1.807) is 17.4 Å². The second-order valence-corrected chi connectivity index (χ2v) is 3.35. The van der Waals surface area contributed by atoms with E-state index >= 15 is 0 Å². The smallest absolute Gasteiger partial charge is 0.123 e. The maximum atomic E-state index is 12.6. The van der Waals surface area contributed by atoms with Gasteiger partial charge in [0, 0.05) is 4.88 Å². The molecule has 0 aliphatic rings. The first-order valence-corrected chi connectivity index (χ1v) is 4.14. The Morgan fingerprint density at radius 1 is 1.36 bits per heavy atom. The van der Waals surface area contributed by atoms with Crippen LogP contribution in [-0.4, -0.2) is 0 Å². The van der Waals surface area contributed by atoms with Gasteiger partial charge in [-0.25, -0.2) is 4.39 Å². The maximum Gasteiger partial charge on any atom is 0.123 e. The first kappa shape index (κ1) is 6.80. The molecule has 1 aromatic carbocycles. The molecule has 2 aromatic rings. The Balaban J connectivity index is 2.86. The third-order valence-corrected chi connectivity index (χ3v) is 2.52. The molecule has 2 rings (SSSR count). The molecular formula is C9H6FS. The molecule has 1 radical (unpaired) electrons. The van der Waals surface area contributed by atoms with Gasteiger partial charge in [0.05, 0.1) is 0 Å². The third kappa shape index (κ3) is 1.03. The van der Waals surface area contributed by atoms with Crippen LogP contribution < -0.4 is 0 Å². The van der Waals surface area contributed by atoms with Gasteiger partial charge in [0.1, 0.15) is 5.82 Å². The van der Waals surface area contributed by atoms with Crippen LogP contribution in [0.5, 0.6) is 0 Å². The van der Waals surface area contributed by atoms with Crippen molar-refractivity contribution in [3.8, 4) is 0 Å². The highest BCUT2D eigenvalue weighted by atomic mass is 32.1. The fourth-order valence-corrected chi connectivity index (χ4v) is 1.86. The molecule has 0 fully saturated rings. The molecule has 0 saturated heterocycles. The lowest BCUT2D eigenvalue weighted by atomic mass is 10.2. The average molecular weight is 165 g/mol. The van der Waals surface area contributed by atoms with E-state index in [4.69, 9.17) is 0 Å². The van der Waals surface area contributed by atoms with Gasteiger partial charge >= 0.3 is 0 Å². The lowest BCUT2D eigenvalue weighted by Gasteiger charge is -1.89. The van der Waals surface area contributed by atoms with Crippen molar-refractivity contribution in [2.24, 2.45) is 0 Å². The summed E-state index contributed by atoms with van der Waals surface area (Å²) >= 11 is 1.55. The molecule has 2 heteroatoms. The van der Waals surface area contributed by atoms with Gasteiger partial charge in [0.25, 0.3) is 0 Å². The van der Waals surface area contributed by atoms with Crippen LogP contribution in [0, 0.1) is 12.7 Å². The Hall–Kier alpha value is -0.890. The lowest BCUT2D eigenvalue weighted by Crippen LogP contribution is -1.71. The molecule has 11 heavy (non-hydrogen) atoms. The van der Waals surface area contributed by atoms with Gasteiger partial charge in [0.2, 0.25) is 0 Å². The van der Waals surface area contributed by atoms with Gasteiger partial charge in [-0.3, -0.25) is 0 Å². The molecule has 0 atom stereocenters. The second-order valence-electron chi connectivity index (χ2n) is 2.39. The van der Waals surface area contributed by atoms with E-state index < -0.39 is 0 Å². The largest absolute Gasteiger partial charge is 0.207 e. The first-order chi connectivity index (χ1) is 5.27. The SMILES string of the molecule is [CH2]c1scc2cc(F)ccc12. The number of benzene rings is 1. The molecule has 1 aromatic heterocycles. The number of hydrogen-bond donors (Lipinski definition) is 0. The highest BCUT2D eigenvalue weighted by Gasteiger charge is 1.99. The number of halogens is 1. The number of rotatable bonds is 0. The van der Waals surface area contributed by atoms with Crippen LogP contribution in [0.2, 0.25) is 0 Å². The van der Waals surface area contributed by atoms with Crippen LogP contribution in [0.1, 0.15) is 4.88 Å². The Kier molecular flexibility index (Phi) is 1.43. The average Bonchev–Trinajstić information content (AvgIpc) is 2.32. The molecular weight excluding hydrogens is 159 g/mol. The number of thiophene rings is 1. The highest BCUT2D eigenvalue weighted by Crippen LogP contribution is 2.24. The Morgan fingerprint density at radius 2 is 2.18 bits per heavy atom. The van der Waals surface area contributed by atoms with E-state index in [0.29, 0.717) is 0 Å². The minimum atomic E-state index is -0.185. The van der Waals surface area contributed by atoms with Crippen molar-refractivity contribution in [1.29, 1.82) is 0 Å². The quantitative estimate of drug-likeness (QED) is 0.562. The molecule has 0 nitrogen and oxygen atoms in total. The molecule has 1 heterocycles. The van der Waals surface area contributed by atoms with Crippen LogP contribution in [0.15, 0.2) is 23.6 Å². The summed E-state index contributed by atoms with van der Waals surface area (Å²) in [4.78, 5) is 1.00. The minimum absolute atomic E-state index is 0.185. The van der Waals surface area contributed by atoms with Gasteiger partial charge in [-0.1, -0.05) is 6.07 Å². The van der Waals surface area contributed by atoms with Gasteiger partial charge in [0.15, 0.2) is 0 Å². The van der Waals surface area contributed by atoms with Crippen molar-refractivity contribution < 1.29 is 4.39 Å². The van der Waals surface area contributed by atoms with Gasteiger partial charge in [-0.05, 0) is 35.2 Å². The maximum absolute atomic E-state index is 12.6. The van der Waals surface area contributed by atoms with E-state index in [0.717, 1.165) is 15.6 Å². The Morgan fingerprint density at radius 3 is 3.00 bits per heavy atom. The van der Waals surface area contributed by atoms with E-state index in [2.05, 4.69) is 6.92 Å². The summed E-state index contributed by atoms with van der Waals surface area (Å²) in [5.41, 5.74) is 0. The van der Waals surface area contributed by atoms with Gasteiger partial charge in [-0.2, -0.15) is 0 Å². The van der Waals surface area contributed by atoms with Gasteiger partial charge in [-0.15, -0.1) is 11.3 Å². The third-order valence-electron chi connectivity index (χ3n) is 1.64. The lowest BCUT2D eigenvalue weighted by molar-refractivity contribution is 0.630. The van der Waals surface area contributed by atoms with Crippen molar-refractivity contribution in [2.45, 2.75) is 0 Å². The van der Waals surface area contributed by atoms with Crippen molar-refractivity contribution in [3.05, 3.63) is 41.2 Å². The normalized spacial score (nSPS) is 10.7. The molecule has 0 spiro atoms. The van der Waals surface area contributed by atoms with Crippen molar-refractivity contribution in [3.63, 3.8) is 0 Å². The first-order valence-electron chi connectivity index (χ1n) is 3.26. The molecule has 0 aliphatic heterocycles. The molecule has 0 bridgehead atoms. The highest BCUT2D eigenvalue weighted by molar-refractivity contribution is 7.11. The Labute approximate surface area is 68.3 Å². The van der Waals surface area contributed by atoms with E-state index in [-0.39, 0.29) is 5.82 Å². The summed E-state index contributed by atoms with van der Waals surface area (Å²) in [6.07, 6.45) is 0. The minimum Gasteiger partial charge on any atom is -0.207 e. The Bertz CT molecular complexity index is 389. The fraction of sp³-hybridized carbons (Fsp3) is 0. The van der Waals surface area contributed by atoms with Crippen LogP contribution in [0.3, 0.4) is 0 Å². The van der Waals surface area contributed by atoms with E-state index in [9.17, 15) is 4.39 Å². The number of hydrogen-bond acceptors (Lipinski definition) is 1. The van der Waals surface area contributed by atoms with Gasteiger partial charge < -0.3 is 0 Å². The fourth-order valence-electron chi connectivity index (χ4n) is 1.08. The predicted molar refractivity (Wildman–Crippen MR) is 46.2 cm³/mol. The second kappa shape index (κ2) is 2.31. The summed E-state index contributed by atoms with van der Waals surface area (Å²) in [5, 5.41) is 3.91. The van der Waals surface area contributed by atoms with Crippen LogP contribution in [-0.2, 0) is 0 Å². The van der Waals surface area contributed by atoms with Crippen LogP contribution >= 0.6 is 11.3 Å². The molecule has 0 amide bonds. The van der Waals surface area contributed by atoms with Crippen molar-refractivity contribution >= 4 is 22.1 Å².